The Labute approximate surface area is 173 Å². The highest BCUT2D eigenvalue weighted by Gasteiger charge is 2.18. The fraction of sp³-hybridized carbons (Fsp3) is 0.0833. The molecule has 142 valence electrons. The number of methoxy groups -OCH3 is 1. The second-order valence-corrected chi connectivity index (χ2v) is 7.42. The number of rotatable bonds is 3. The molecule has 0 aliphatic carbocycles. The molecule has 0 amide bonds. The summed E-state index contributed by atoms with van der Waals surface area (Å²) in [5.74, 6) is 0.736. The van der Waals surface area contributed by atoms with Crippen LogP contribution in [0.3, 0.4) is 0 Å². The fourth-order valence-corrected chi connectivity index (χ4v) is 3.86. The molecule has 4 nitrogen and oxygen atoms in total. The smallest absolute Gasteiger partial charge is 0.145 e. The lowest BCUT2D eigenvalue weighted by molar-refractivity contribution is 0.419. The Morgan fingerprint density at radius 3 is 2.48 bits per heavy atom. The van der Waals surface area contributed by atoms with Gasteiger partial charge in [-0.15, -0.1) is 0 Å². The van der Waals surface area contributed by atoms with Crippen molar-refractivity contribution in [2.24, 2.45) is 0 Å². The molecule has 0 unspecified atom stereocenters. The monoisotopic (exact) mass is 399 g/mol. The molecule has 2 heterocycles. The topological polar surface area (TPSA) is 39.9 Å². The molecule has 5 heteroatoms. The summed E-state index contributed by atoms with van der Waals surface area (Å²) < 4.78 is 7.48. The van der Waals surface area contributed by atoms with Gasteiger partial charge in [-0.2, -0.15) is 5.10 Å². The van der Waals surface area contributed by atoms with Crippen molar-refractivity contribution >= 4 is 33.4 Å². The first kappa shape index (κ1) is 17.7. The molecular weight excluding hydrogens is 382 g/mol. The van der Waals surface area contributed by atoms with Gasteiger partial charge >= 0.3 is 0 Å². The quantitative estimate of drug-likeness (QED) is 0.362. The number of ether oxygens (including phenoxy) is 1. The zero-order chi connectivity index (χ0) is 20.0. The number of para-hydroxylation sites is 1. The van der Waals surface area contributed by atoms with Gasteiger partial charge in [0.1, 0.15) is 17.0 Å². The summed E-state index contributed by atoms with van der Waals surface area (Å²) in [7, 11) is 1.66. The third kappa shape index (κ3) is 2.93. The lowest BCUT2D eigenvalue weighted by atomic mass is 10.1. The SMILES string of the molecule is COc1cccc2c1ncc1c(-c3ccc(C)cc3)nn(-c3cccc(Cl)c3)c12. The maximum Gasteiger partial charge on any atom is 0.145 e. The molecule has 29 heavy (non-hydrogen) atoms. The second kappa shape index (κ2) is 6.90. The number of fused-ring (bicyclic) bond motifs is 3. The van der Waals surface area contributed by atoms with Crippen molar-refractivity contribution in [3.8, 4) is 22.7 Å². The van der Waals surface area contributed by atoms with Crippen LogP contribution in [0.2, 0.25) is 5.02 Å². The molecule has 5 rings (SSSR count). The highest BCUT2D eigenvalue weighted by Crippen LogP contribution is 2.36. The maximum absolute atomic E-state index is 6.28. The van der Waals surface area contributed by atoms with Gasteiger partial charge in [-0.25, -0.2) is 4.68 Å². The minimum absolute atomic E-state index is 0.666. The summed E-state index contributed by atoms with van der Waals surface area (Å²) in [4.78, 5) is 4.70. The Balaban J connectivity index is 1.91. The fourth-order valence-electron chi connectivity index (χ4n) is 3.67. The third-order valence-corrected chi connectivity index (χ3v) is 5.33. The normalized spacial score (nSPS) is 11.3. The van der Waals surface area contributed by atoms with Crippen molar-refractivity contribution in [3.05, 3.63) is 83.5 Å². The van der Waals surface area contributed by atoms with Crippen LogP contribution in [0.25, 0.3) is 38.8 Å². The molecule has 0 spiro atoms. The van der Waals surface area contributed by atoms with E-state index < -0.39 is 0 Å². The molecule has 5 aromatic rings. The molecule has 0 N–H and O–H groups in total. The van der Waals surface area contributed by atoms with Crippen LogP contribution in [0, 0.1) is 6.92 Å². The van der Waals surface area contributed by atoms with Crippen LogP contribution in [0.1, 0.15) is 5.56 Å². The largest absolute Gasteiger partial charge is 0.494 e. The minimum atomic E-state index is 0.666. The van der Waals surface area contributed by atoms with Gasteiger partial charge in [0, 0.05) is 27.6 Å². The first-order chi connectivity index (χ1) is 14.2. The van der Waals surface area contributed by atoms with Crippen molar-refractivity contribution in [1.82, 2.24) is 14.8 Å². The zero-order valence-corrected chi connectivity index (χ0v) is 16.8. The van der Waals surface area contributed by atoms with Gasteiger partial charge in [0.2, 0.25) is 0 Å². The zero-order valence-electron chi connectivity index (χ0n) is 16.1. The van der Waals surface area contributed by atoms with Crippen molar-refractivity contribution in [1.29, 1.82) is 0 Å². The predicted octanol–water partition coefficient (Wildman–Crippen LogP) is 6.21. The molecule has 0 radical (unpaired) electrons. The number of nitrogens with zero attached hydrogens (tertiary/aromatic N) is 3. The van der Waals surface area contributed by atoms with Gasteiger partial charge in [0.15, 0.2) is 0 Å². The van der Waals surface area contributed by atoms with Gasteiger partial charge < -0.3 is 4.74 Å². The number of hydrogen-bond acceptors (Lipinski definition) is 3. The Kier molecular flexibility index (Phi) is 4.22. The standard InChI is InChI=1S/C24H18ClN3O/c1-15-9-11-16(12-10-15)22-20-14-26-23-19(7-4-8-21(23)29-2)24(20)28(27-22)18-6-3-5-17(25)13-18/h3-14H,1-2H3. The Hall–Kier alpha value is -3.37. The number of aromatic nitrogens is 3. The van der Waals surface area contributed by atoms with E-state index >= 15 is 0 Å². The first-order valence-corrected chi connectivity index (χ1v) is 9.71. The van der Waals surface area contributed by atoms with Gasteiger partial charge in [-0.3, -0.25) is 4.98 Å². The lowest BCUT2D eigenvalue weighted by Crippen LogP contribution is -1.97. The molecule has 0 aliphatic heterocycles. The van der Waals surface area contributed by atoms with Crippen molar-refractivity contribution in [2.45, 2.75) is 6.92 Å². The van der Waals surface area contributed by atoms with Crippen LogP contribution in [0.15, 0.2) is 72.9 Å². The number of halogens is 1. The van der Waals surface area contributed by atoms with Crippen LogP contribution < -0.4 is 4.74 Å². The lowest BCUT2D eigenvalue weighted by Gasteiger charge is -2.08. The van der Waals surface area contributed by atoms with E-state index in [0.717, 1.165) is 44.5 Å². The molecule has 0 saturated heterocycles. The van der Waals surface area contributed by atoms with Crippen LogP contribution >= 0.6 is 11.6 Å². The third-order valence-electron chi connectivity index (χ3n) is 5.10. The van der Waals surface area contributed by atoms with Crippen LogP contribution in [-0.2, 0) is 0 Å². The summed E-state index contributed by atoms with van der Waals surface area (Å²) in [5.41, 5.74) is 5.83. The van der Waals surface area contributed by atoms with Crippen molar-refractivity contribution in [2.75, 3.05) is 7.11 Å². The summed E-state index contributed by atoms with van der Waals surface area (Å²) >= 11 is 6.28. The van der Waals surface area contributed by atoms with E-state index in [-0.39, 0.29) is 0 Å². The van der Waals surface area contributed by atoms with E-state index in [1.54, 1.807) is 7.11 Å². The second-order valence-electron chi connectivity index (χ2n) is 6.98. The highest BCUT2D eigenvalue weighted by molar-refractivity contribution is 6.30. The van der Waals surface area contributed by atoms with Gasteiger partial charge in [-0.1, -0.05) is 59.6 Å². The van der Waals surface area contributed by atoms with Gasteiger partial charge in [0.05, 0.1) is 18.3 Å². The number of pyridine rings is 1. The number of aryl methyl sites for hydroxylation is 1. The Morgan fingerprint density at radius 1 is 0.931 bits per heavy atom. The van der Waals surface area contributed by atoms with Gasteiger partial charge in [0.25, 0.3) is 0 Å². The maximum atomic E-state index is 6.28. The van der Waals surface area contributed by atoms with Crippen LogP contribution in [-0.4, -0.2) is 21.9 Å². The first-order valence-electron chi connectivity index (χ1n) is 9.33. The molecule has 0 aliphatic rings. The molecule has 3 aromatic carbocycles. The number of hydrogen-bond donors (Lipinski definition) is 0. The van der Waals surface area contributed by atoms with Crippen molar-refractivity contribution < 1.29 is 4.74 Å². The van der Waals surface area contributed by atoms with Crippen molar-refractivity contribution in [3.63, 3.8) is 0 Å². The summed E-state index contributed by atoms with van der Waals surface area (Å²) in [6.07, 6.45) is 1.88. The predicted molar refractivity (Wildman–Crippen MR) is 118 cm³/mol. The molecule has 2 aromatic heterocycles. The van der Waals surface area contributed by atoms with E-state index in [1.807, 2.05) is 47.3 Å². The molecular formula is C24H18ClN3O. The van der Waals surface area contributed by atoms with E-state index in [1.165, 1.54) is 5.56 Å². The van der Waals surface area contributed by atoms with E-state index in [2.05, 4.69) is 37.3 Å². The average Bonchev–Trinajstić information content (AvgIpc) is 3.14. The summed E-state index contributed by atoms with van der Waals surface area (Å²) in [5, 5.41) is 7.61. The molecule has 0 saturated carbocycles. The molecule has 0 fully saturated rings. The van der Waals surface area contributed by atoms with Crippen LogP contribution in [0.4, 0.5) is 0 Å². The summed E-state index contributed by atoms with van der Waals surface area (Å²) in [6.45, 7) is 2.08. The highest BCUT2D eigenvalue weighted by atomic mass is 35.5. The van der Waals surface area contributed by atoms with E-state index in [4.69, 9.17) is 26.4 Å². The number of benzene rings is 3. The van der Waals surface area contributed by atoms with E-state index in [0.29, 0.717) is 5.02 Å². The van der Waals surface area contributed by atoms with Crippen LogP contribution in [0.5, 0.6) is 5.75 Å². The van der Waals surface area contributed by atoms with E-state index in [9.17, 15) is 0 Å². The summed E-state index contributed by atoms with van der Waals surface area (Å²) in [6, 6.07) is 22.0. The molecule has 0 bridgehead atoms. The average molecular weight is 400 g/mol. The Bertz CT molecular complexity index is 1360. The Morgan fingerprint density at radius 2 is 1.72 bits per heavy atom. The van der Waals surface area contributed by atoms with Gasteiger partial charge in [-0.05, 0) is 31.2 Å². The molecule has 0 atom stereocenters. The minimum Gasteiger partial charge on any atom is -0.494 e.